The Labute approximate surface area is 219 Å². The molecule has 3 atom stereocenters. The first-order chi connectivity index (χ1) is 17.9. The van der Waals surface area contributed by atoms with Crippen molar-refractivity contribution in [1.82, 2.24) is 15.1 Å². The number of nitrogens with one attached hydrogen (secondary N) is 2. The fraction of sp³-hybridized carbons (Fsp3) is 0.500. The highest BCUT2D eigenvalue weighted by Gasteiger charge is 2.46. The van der Waals surface area contributed by atoms with E-state index in [1.807, 2.05) is 54.0 Å². The lowest BCUT2D eigenvalue weighted by Gasteiger charge is -2.34. The Morgan fingerprint density at radius 3 is 2.57 bits per heavy atom. The summed E-state index contributed by atoms with van der Waals surface area (Å²) in [6.45, 7) is 6.63. The van der Waals surface area contributed by atoms with E-state index in [0.29, 0.717) is 39.0 Å². The van der Waals surface area contributed by atoms with Gasteiger partial charge in [0.05, 0.1) is 5.92 Å². The second kappa shape index (κ2) is 11.0. The Morgan fingerprint density at radius 2 is 1.76 bits per heavy atom. The van der Waals surface area contributed by atoms with Gasteiger partial charge in [-0.15, -0.1) is 0 Å². The summed E-state index contributed by atoms with van der Waals surface area (Å²) in [4.78, 5) is 44.3. The Hall–Kier alpha value is -3.35. The topological polar surface area (TPSA) is 81.8 Å². The second-order valence-electron chi connectivity index (χ2n) is 10.9. The minimum absolute atomic E-state index is 0.0322. The third-order valence-corrected chi connectivity index (χ3v) is 8.45. The van der Waals surface area contributed by atoms with E-state index in [-0.39, 0.29) is 35.7 Å². The standard InChI is InChI=1S/C30H38N4O3/c1-20-10-11-25(16-21(20)2)32-30(37)34-14-7-3-6-13-31-28(35)26-17-24(18-27(26)34)29(36)33-15-12-22-8-4-5-9-23(22)19-33/h4-5,8-11,16,24,26-27H,3,6-7,12-15,17-19H2,1-2H3,(H,31,35)(H,32,37). The minimum atomic E-state index is -0.380. The molecule has 7 heteroatoms. The van der Waals surface area contributed by atoms with Crippen molar-refractivity contribution in [3.8, 4) is 0 Å². The number of carbonyl (C=O) groups excluding carboxylic acids is 3. The monoisotopic (exact) mass is 502 g/mol. The van der Waals surface area contributed by atoms with E-state index in [4.69, 9.17) is 0 Å². The summed E-state index contributed by atoms with van der Waals surface area (Å²) in [6.07, 6.45) is 4.58. The van der Waals surface area contributed by atoms with Gasteiger partial charge in [-0.25, -0.2) is 4.79 Å². The van der Waals surface area contributed by atoms with Crippen LogP contribution in [0.3, 0.4) is 0 Å². The number of anilines is 1. The fourth-order valence-electron chi connectivity index (χ4n) is 6.14. The molecule has 1 aliphatic carbocycles. The maximum Gasteiger partial charge on any atom is 0.322 e. The lowest BCUT2D eigenvalue weighted by molar-refractivity contribution is -0.136. The molecule has 3 unspecified atom stereocenters. The van der Waals surface area contributed by atoms with E-state index in [0.717, 1.165) is 36.9 Å². The van der Waals surface area contributed by atoms with E-state index in [1.165, 1.54) is 16.7 Å². The molecule has 4 amide bonds. The summed E-state index contributed by atoms with van der Waals surface area (Å²) < 4.78 is 0. The number of benzene rings is 2. The van der Waals surface area contributed by atoms with Crippen LogP contribution >= 0.6 is 0 Å². The first-order valence-corrected chi connectivity index (χ1v) is 13.7. The quantitative estimate of drug-likeness (QED) is 0.638. The van der Waals surface area contributed by atoms with Gasteiger partial charge in [0.15, 0.2) is 0 Å². The van der Waals surface area contributed by atoms with Crippen molar-refractivity contribution in [2.75, 3.05) is 25.0 Å². The molecule has 1 saturated heterocycles. The van der Waals surface area contributed by atoms with Gasteiger partial charge in [0.1, 0.15) is 0 Å². The lowest BCUT2D eigenvalue weighted by Crippen LogP contribution is -2.49. The molecule has 2 aromatic rings. The van der Waals surface area contributed by atoms with Gasteiger partial charge in [-0.1, -0.05) is 30.3 Å². The molecule has 2 aromatic carbocycles. The summed E-state index contributed by atoms with van der Waals surface area (Å²) in [5.41, 5.74) is 5.55. The number of aryl methyl sites for hydroxylation is 2. The van der Waals surface area contributed by atoms with Crippen molar-refractivity contribution < 1.29 is 14.4 Å². The predicted octanol–water partition coefficient (Wildman–Crippen LogP) is 4.42. The molecule has 0 spiro atoms. The molecule has 1 saturated carbocycles. The SMILES string of the molecule is Cc1ccc(NC(=O)N2CCCCCNC(=O)C3CC(C(=O)N4CCc5ccccc5C4)CC32)cc1C. The van der Waals surface area contributed by atoms with Crippen molar-refractivity contribution in [3.05, 3.63) is 64.7 Å². The first-order valence-electron chi connectivity index (χ1n) is 13.7. The molecule has 2 fully saturated rings. The van der Waals surface area contributed by atoms with Crippen molar-refractivity contribution in [2.45, 2.75) is 65.0 Å². The largest absolute Gasteiger partial charge is 0.356 e. The van der Waals surface area contributed by atoms with Gasteiger partial charge in [-0.2, -0.15) is 0 Å². The molecular weight excluding hydrogens is 464 g/mol. The molecule has 5 rings (SSSR count). The highest BCUT2D eigenvalue weighted by Crippen LogP contribution is 2.38. The normalized spacial score (nSPS) is 24.1. The second-order valence-corrected chi connectivity index (χ2v) is 10.9. The summed E-state index contributed by atoms with van der Waals surface area (Å²) in [7, 11) is 0. The maximum atomic E-state index is 13.7. The molecule has 0 bridgehead atoms. The van der Waals surface area contributed by atoms with Crippen LogP contribution in [0.1, 0.15) is 54.4 Å². The molecule has 2 N–H and O–H groups in total. The van der Waals surface area contributed by atoms with Crippen molar-refractivity contribution in [3.63, 3.8) is 0 Å². The van der Waals surface area contributed by atoms with Gasteiger partial charge < -0.3 is 20.4 Å². The van der Waals surface area contributed by atoms with Crippen molar-refractivity contribution in [2.24, 2.45) is 11.8 Å². The van der Waals surface area contributed by atoms with E-state index < -0.39 is 0 Å². The van der Waals surface area contributed by atoms with Gasteiger partial charge >= 0.3 is 6.03 Å². The van der Waals surface area contributed by atoms with Crippen LogP contribution in [0.25, 0.3) is 0 Å². The Morgan fingerprint density at radius 1 is 0.946 bits per heavy atom. The van der Waals surface area contributed by atoms with Crippen LogP contribution in [0, 0.1) is 25.7 Å². The van der Waals surface area contributed by atoms with Gasteiger partial charge in [-0.3, -0.25) is 9.59 Å². The summed E-state index contributed by atoms with van der Waals surface area (Å²) in [5, 5.41) is 6.15. The number of fused-ring (bicyclic) bond motifs is 2. The number of hydrogen-bond donors (Lipinski definition) is 2. The minimum Gasteiger partial charge on any atom is -0.356 e. The van der Waals surface area contributed by atoms with E-state index >= 15 is 0 Å². The highest BCUT2D eigenvalue weighted by molar-refractivity contribution is 5.91. The number of rotatable bonds is 2. The summed E-state index contributed by atoms with van der Waals surface area (Å²) in [5.74, 6) is -0.562. The zero-order chi connectivity index (χ0) is 25.9. The molecule has 37 heavy (non-hydrogen) atoms. The molecule has 2 heterocycles. The van der Waals surface area contributed by atoms with Crippen LogP contribution in [-0.2, 0) is 22.6 Å². The van der Waals surface area contributed by atoms with Crippen molar-refractivity contribution in [1.29, 1.82) is 0 Å². The average molecular weight is 503 g/mol. The zero-order valence-electron chi connectivity index (χ0n) is 22.0. The van der Waals surface area contributed by atoms with Gasteiger partial charge in [0.25, 0.3) is 0 Å². The average Bonchev–Trinajstić information content (AvgIpc) is 3.34. The van der Waals surface area contributed by atoms with Crippen LogP contribution < -0.4 is 10.6 Å². The van der Waals surface area contributed by atoms with E-state index in [1.54, 1.807) is 0 Å². The van der Waals surface area contributed by atoms with Crippen LogP contribution in [0.4, 0.5) is 10.5 Å². The van der Waals surface area contributed by atoms with E-state index in [2.05, 4.69) is 22.8 Å². The predicted molar refractivity (Wildman–Crippen MR) is 144 cm³/mol. The molecule has 196 valence electrons. The number of urea groups is 1. The first kappa shape index (κ1) is 25.3. The molecule has 0 radical (unpaired) electrons. The summed E-state index contributed by atoms with van der Waals surface area (Å²) in [6, 6.07) is 13.7. The maximum absolute atomic E-state index is 13.7. The number of hydrogen-bond acceptors (Lipinski definition) is 3. The summed E-state index contributed by atoms with van der Waals surface area (Å²) >= 11 is 0. The lowest BCUT2D eigenvalue weighted by atomic mass is 9.97. The third-order valence-electron chi connectivity index (χ3n) is 8.45. The number of nitrogens with zero attached hydrogens (tertiary/aromatic N) is 2. The molecule has 7 nitrogen and oxygen atoms in total. The van der Waals surface area contributed by atoms with Crippen LogP contribution in [0.15, 0.2) is 42.5 Å². The number of carbonyl (C=O) groups is 3. The molecule has 2 aliphatic heterocycles. The zero-order valence-corrected chi connectivity index (χ0v) is 22.0. The van der Waals surface area contributed by atoms with Crippen LogP contribution in [0.5, 0.6) is 0 Å². The van der Waals surface area contributed by atoms with Crippen molar-refractivity contribution >= 4 is 23.5 Å². The van der Waals surface area contributed by atoms with Crippen LogP contribution in [0.2, 0.25) is 0 Å². The molecule has 0 aromatic heterocycles. The van der Waals surface area contributed by atoms with E-state index in [9.17, 15) is 14.4 Å². The Balaban J connectivity index is 1.35. The molecule has 3 aliphatic rings. The smallest absolute Gasteiger partial charge is 0.322 e. The highest BCUT2D eigenvalue weighted by atomic mass is 16.2. The van der Waals surface area contributed by atoms with Gasteiger partial charge in [-0.05, 0) is 86.8 Å². The van der Waals surface area contributed by atoms with Crippen LogP contribution in [-0.4, -0.2) is 53.3 Å². The number of amides is 4. The third kappa shape index (κ3) is 5.50. The Bertz CT molecular complexity index is 1180. The fourth-order valence-corrected chi connectivity index (χ4v) is 6.14. The van der Waals surface area contributed by atoms with Gasteiger partial charge in [0, 0.05) is 43.8 Å². The Kier molecular flexibility index (Phi) is 7.49. The molecular formula is C30H38N4O3. The van der Waals surface area contributed by atoms with Gasteiger partial charge in [0.2, 0.25) is 11.8 Å².